The molecule has 2 aromatic heterocycles. The number of pyridine rings is 1. The number of allylic oxidation sites excluding steroid dienone is 2. The Morgan fingerprint density at radius 3 is 2.32 bits per heavy atom. The first-order chi connectivity index (χ1) is 31.3. The molecule has 0 bridgehead atoms. The maximum Gasteiger partial charge on any atom is 0.419 e. The topological polar surface area (TPSA) is 228 Å². The van der Waals surface area contributed by atoms with Gasteiger partial charge in [0.15, 0.2) is 6.61 Å². The van der Waals surface area contributed by atoms with Crippen LogP contribution in [0.4, 0.5) is 13.2 Å². The van der Waals surface area contributed by atoms with Crippen molar-refractivity contribution >= 4 is 60.8 Å². The third-order valence-electron chi connectivity index (χ3n) is 11.8. The van der Waals surface area contributed by atoms with Crippen LogP contribution < -0.4 is 37.3 Å². The number of nitrogens with one attached hydrogen (secondary N) is 4. The minimum Gasteiger partial charge on any atom is -0.483 e. The van der Waals surface area contributed by atoms with Crippen LogP contribution in [-0.4, -0.2) is 90.7 Å². The number of alkyl halides is 3. The van der Waals surface area contributed by atoms with Crippen molar-refractivity contribution in [3.63, 3.8) is 0 Å². The molecule has 0 saturated carbocycles. The van der Waals surface area contributed by atoms with Gasteiger partial charge in [-0.05, 0) is 68.9 Å². The van der Waals surface area contributed by atoms with E-state index in [2.05, 4.69) is 27.8 Å². The number of aromatic nitrogens is 1. The summed E-state index contributed by atoms with van der Waals surface area (Å²) in [6.45, 7) is 5.38. The van der Waals surface area contributed by atoms with Crippen LogP contribution >= 0.6 is 11.3 Å². The van der Waals surface area contributed by atoms with Crippen molar-refractivity contribution < 1.29 is 50.3 Å². The first kappa shape index (κ1) is 49.8. The molecule has 66 heavy (non-hydrogen) atoms. The number of halogens is 3. The molecule has 0 radical (unpaired) electrons. The fraction of sp³-hybridized carbons (Fsp3) is 0.467. The lowest BCUT2D eigenvalue weighted by molar-refractivity contribution is -0.150. The highest BCUT2D eigenvalue weighted by Gasteiger charge is 2.45. The molecule has 1 aromatic carbocycles. The molecular formula is C45H54F3N7O9S2. The molecule has 3 aliphatic heterocycles. The fourth-order valence-electron chi connectivity index (χ4n) is 8.21. The number of carbonyl (C=O) groups excluding carboxylic acids is 5. The van der Waals surface area contributed by atoms with Gasteiger partial charge in [-0.15, -0.1) is 11.3 Å². The normalized spacial score (nSPS) is 18.8. The van der Waals surface area contributed by atoms with Gasteiger partial charge in [-0.2, -0.15) is 13.2 Å². The molecule has 356 valence electrons. The third-order valence-corrected chi connectivity index (χ3v) is 14.7. The Morgan fingerprint density at radius 1 is 1.00 bits per heavy atom. The summed E-state index contributed by atoms with van der Waals surface area (Å²) in [6.07, 6.45) is 4.56. The van der Waals surface area contributed by atoms with Crippen LogP contribution in [0.3, 0.4) is 0 Å². The van der Waals surface area contributed by atoms with Crippen LogP contribution in [0.15, 0.2) is 70.8 Å². The Balaban J connectivity index is 0.942. The highest BCUT2D eigenvalue weighted by molar-refractivity contribution is 7.91. The smallest absolute Gasteiger partial charge is 0.419 e. The number of imide groups is 2. The van der Waals surface area contributed by atoms with E-state index in [0.29, 0.717) is 53.2 Å². The number of nitrogens with two attached hydrogens (primary N) is 1. The maximum atomic E-state index is 14.4. The minimum atomic E-state index is -4.84. The molecule has 2 unspecified atom stereocenters. The summed E-state index contributed by atoms with van der Waals surface area (Å²) < 4.78 is 74.2. The highest BCUT2D eigenvalue weighted by atomic mass is 32.2. The molecule has 21 heteroatoms. The van der Waals surface area contributed by atoms with Crippen LogP contribution in [0.1, 0.15) is 87.7 Å². The van der Waals surface area contributed by atoms with Gasteiger partial charge in [0.1, 0.15) is 21.6 Å². The number of amides is 5. The molecule has 2 fully saturated rings. The lowest BCUT2D eigenvalue weighted by Crippen LogP contribution is -2.54. The van der Waals surface area contributed by atoms with Gasteiger partial charge in [0.25, 0.3) is 23.3 Å². The van der Waals surface area contributed by atoms with Crippen molar-refractivity contribution in [3.05, 3.63) is 86.8 Å². The Morgan fingerprint density at radius 2 is 1.67 bits per heavy atom. The SMILES string of the molecule is C=C/C=C(/NCCCCCCCCNC(=O)COc1ccc(-c2cn(C)c(=O)c3cc(C(N)NC4CCS(=O)(=O)CC4)sc23)cc1C(F)(F)F)C1=C(C)C(=O)N(C2CCC(=O)NC2=O)C1=O. The van der Waals surface area contributed by atoms with E-state index in [1.54, 1.807) is 12.1 Å². The number of benzene rings is 1. The van der Waals surface area contributed by atoms with E-state index in [-0.39, 0.29) is 58.0 Å². The van der Waals surface area contributed by atoms with Gasteiger partial charge in [0.05, 0.1) is 34.2 Å². The maximum absolute atomic E-state index is 14.4. The number of hydrogen-bond donors (Lipinski definition) is 5. The van der Waals surface area contributed by atoms with Crippen LogP contribution in [-0.2, 0) is 47.0 Å². The first-order valence-corrected chi connectivity index (χ1v) is 24.4. The summed E-state index contributed by atoms with van der Waals surface area (Å²) in [7, 11) is -1.59. The zero-order valence-electron chi connectivity index (χ0n) is 36.7. The second-order valence-electron chi connectivity index (χ2n) is 16.6. The Kier molecular flexibility index (Phi) is 16.1. The summed E-state index contributed by atoms with van der Waals surface area (Å²) in [5.74, 6) is -3.36. The molecule has 0 spiro atoms. The quantitative estimate of drug-likeness (QED) is 0.0460. The average Bonchev–Trinajstić information content (AvgIpc) is 3.80. The van der Waals surface area contributed by atoms with Gasteiger partial charge in [-0.25, -0.2) is 8.42 Å². The van der Waals surface area contributed by atoms with Crippen molar-refractivity contribution in [2.24, 2.45) is 12.8 Å². The lowest BCUT2D eigenvalue weighted by Gasteiger charge is -2.28. The number of hydrogen-bond acceptors (Lipinski definition) is 13. The molecule has 3 aliphatic rings. The zero-order chi connectivity index (χ0) is 47.9. The summed E-state index contributed by atoms with van der Waals surface area (Å²) >= 11 is 1.17. The van der Waals surface area contributed by atoms with Crippen LogP contribution in [0, 0.1) is 0 Å². The zero-order valence-corrected chi connectivity index (χ0v) is 38.3. The van der Waals surface area contributed by atoms with Crippen molar-refractivity contribution in [3.8, 4) is 16.9 Å². The summed E-state index contributed by atoms with van der Waals surface area (Å²) in [4.78, 5) is 77.6. The van der Waals surface area contributed by atoms with E-state index < -0.39 is 75.7 Å². The number of carbonyl (C=O) groups is 5. The van der Waals surface area contributed by atoms with Crippen molar-refractivity contribution in [1.82, 2.24) is 30.7 Å². The average molecular weight is 958 g/mol. The predicted molar refractivity (Wildman–Crippen MR) is 242 cm³/mol. The summed E-state index contributed by atoms with van der Waals surface area (Å²) in [5.41, 5.74) is 6.27. The lowest BCUT2D eigenvalue weighted by atomic mass is 10.0. The number of unbranched alkanes of at least 4 members (excludes halogenated alkanes) is 5. The largest absolute Gasteiger partial charge is 0.483 e. The van der Waals surface area contributed by atoms with E-state index in [1.807, 2.05) is 0 Å². The van der Waals surface area contributed by atoms with E-state index >= 15 is 0 Å². The van der Waals surface area contributed by atoms with Gasteiger partial charge >= 0.3 is 6.18 Å². The Bertz CT molecular complexity index is 2620. The molecular weight excluding hydrogens is 904 g/mol. The van der Waals surface area contributed by atoms with Crippen LogP contribution in [0.5, 0.6) is 5.75 Å². The van der Waals surface area contributed by atoms with E-state index in [1.165, 1.54) is 48.2 Å². The molecule has 6 rings (SSSR count). The predicted octanol–water partition coefficient (Wildman–Crippen LogP) is 4.40. The highest BCUT2D eigenvalue weighted by Crippen LogP contribution is 2.41. The number of ether oxygens (including phenoxy) is 1. The Labute approximate surface area is 383 Å². The number of piperidine rings is 1. The fourth-order valence-corrected chi connectivity index (χ4v) is 10.8. The summed E-state index contributed by atoms with van der Waals surface area (Å²) in [5, 5.41) is 11.6. The van der Waals surface area contributed by atoms with Gasteiger partial charge < -0.3 is 25.7 Å². The van der Waals surface area contributed by atoms with Gasteiger partial charge in [-0.3, -0.25) is 44.3 Å². The number of fused-ring (bicyclic) bond motifs is 1. The van der Waals surface area contributed by atoms with Crippen molar-refractivity contribution in [2.45, 2.75) is 95.6 Å². The van der Waals surface area contributed by atoms with E-state index in [4.69, 9.17) is 10.5 Å². The van der Waals surface area contributed by atoms with E-state index in [0.717, 1.165) is 49.1 Å². The molecule has 6 N–H and O–H groups in total. The molecule has 2 atom stereocenters. The molecule has 5 heterocycles. The van der Waals surface area contributed by atoms with Crippen molar-refractivity contribution in [1.29, 1.82) is 0 Å². The summed E-state index contributed by atoms with van der Waals surface area (Å²) in [6, 6.07) is 3.91. The first-order valence-electron chi connectivity index (χ1n) is 21.7. The number of sulfone groups is 1. The molecule has 3 aromatic rings. The van der Waals surface area contributed by atoms with Gasteiger partial charge in [-0.1, -0.05) is 44.4 Å². The number of rotatable bonds is 20. The van der Waals surface area contributed by atoms with Gasteiger partial charge in [0, 0.05) is 65.2 Å². The number of nitrogens with zero attached hydrogens (tertiary/aromatic N) is 2. The minimum absolute atomic E-state index is 0.0222. The molecule has 0 aliphatic carbocycles. The third kappa shape index (κ3) is 11.8. The standard InChI is InChI=1S/C45H54F3N7O9S2/c1-4-11-32(38-26(2)42(59)55(44(38)61)33-13-15-36(56)53-41(33)58)50-18-9-7-5-6-8-10-19-51-37(57)25-64-34-14-12-27(22-31(34)45(46,47)48)30-24-54(3)43(60)29-23-35(65-39(29)30)40(49)52-28-16-20-66(62,63)21-17-28/h4,11-12,14,22-24,28,33,40,50,52H,1,5-10,13,15-21,25,49H2,2-3H3,(H,51,57)(H,53,56,58)/b32-11+. The number of aryl methyl sites for hydroxylation is 1. The van der Waals surface area contributed by atoms with Crippen LogP contribution in [0.25, 0.3) is 21.2 Å². The van der Waals surface area contributed by atoms with E-state index in [9.17, 15) is 50.4 Å². The molecule has 2 saturated heterocycles. The van der Waals surface area contributed by atoms with Crippen LogP contribution in [0.2, 0.25) is 0 Å². The monoisotopic (exact) mass is 957 g/mol. The van der Waals surface area contributed by atoms with Gasteiger partial charge in [0.2, 0.25) is 11.8 Å². The molecule has 16 nitrogen and oxygen atoms in total. The second kappa shape index (κ2) is 21.3. The Hall–Kier alpha value is -5.64. The van der Waals surface area contributed by atoms with Crippen molar-refractivity contribution in [2.75, 3.05) is 31.2 Å². The number of thiophene rings is 1. The molecule has 5 amide bonds. The second-order valence-corrected chi connectivity index (χ2v) is 20.0.